The monoisotopic (exact) mass is 444 g/mol. The second-order valence-corrected chi connectivity index (χ2v) is 9.27. The first-order chi connectivity index (χ1) is 14.0. The first-order valence-electron chi connectivity index (χ1n) is 10.6. The summed E-state index contributed by atoms with van der Waals surface area (Å²) < 4.78 is 20.1. The summed E-state index contributed by atoms with van der Waals surface area (Å²) in [6.45, 7) is 10.5. The van der Waals surface area contributed by atoms with Gasteiger partial charge in [-0.3, -0.25) is 4.52 Å². The SMILES string of the molecule is CC(C)=CCC/C(C)=C/CC/C(C)=C/CC/C(C)=C/COC[C@H](O)COP(=O)(O)O. The van der Waals surface area contributed by atoms with Crippen LogP contribution in [0.4, 0.5) is 0 Å². The second kappa shape index (κ2) is 16.7. The maximum absolute atomic E-state index is 10.6. The summed E-state index contributed by atoms with van der Waals surface area (Å²) in [5, 5.41) is 9.52. The largest absolute Gasteiger partial charge is 0.469 e. The van der Waals surface area contributed by atoms with E-state index in [1.165, 1.54) is 22.3 Å². The lowest BCUT2D eigenvalue weighted by Crippen LogP contribution is -2.21. The highest BCUT2D eigenvalue weighted by Crippen LogP contribution is 2.35. The van der Waals surface area contributed by atoms with Crippen molar-refractivity contribution >= 4 is 7.82 Å². The average Bonchev–Trinajstić information content (AvgIpc) is 2.62. The van der Waals surface area contributed by atoms with Crippen LogP contribution in [0, 0.1) is 0 Å². The van der Waals surface area contributed by atoms with Crippen molar-refractivity contribution in [3.8, 4) is 0 Å². The molecule has 0 radical (unpaired) electrons. The highest BCUT2D eigenvalue weighted by molar-refractivity contribution is 7.46. The van der Waals surface area contributed by atoms with Crippen molar-refractivity contribution in [1.82, 2.24) is 0 Å². The molecule has 0 rings (SSSR count). The Kier molecular flexibility index (Phi) is 16.1. The molecule has 0 amide bonds. The molecule has 0 heterocycles. The van der Waals surface area contributed by atoms with Crippen LogP contribution >= 0.6 is 7.82 Å². The average molecular weight is 445 g/mol. The van der Waals surface area contributed by atoms with E-state index in [1.54, 1.807) is 0 Å². The first kappa shape index (κ1) is 29.0. The summed E-state index contributed by atoms with van der Waals surface area (Å²) in [6.07, 6.45) is 14.2. The van der Waals surface area contributed by atoms with E-state index in [-0.39, 0.29) is 6.61 Å². The normalized spacial score (nSPS) is 14.7. The van der Waals surface area contributed by atoms with Crippen LogP contribution in [-0.2, 0) is 13.8 Å². The maximum atomic E-state index is 10.6. The molecule has 0 bridgehead atoms. The number of phosphoric ester groups is 1. The fourth-order valence-corrected chi connectivity index (χ4v) is 2.99. The number of ether oxygens (including phenoxy) is 1. The molecule has 0 saturated carbocycles. The van der Waals surface area contributed by atoms with Crippen molar-refractivity contribution in [2.24, 2.45) is 0 Å². The molecule has 0 saturated heterocycles. The van der Waals surface area contributed by atoms with E-state index in [1.807, 2.05) is 13.0 Å². The zero-order valence-corrected chi connectivity index (χ0v) is 20.2. The smallest absolute Gasteiger partial charge is 0.388 e. The van der Waals surface area contributed by atoms with Gasteiger partial charge in [-0.15, -0.1) is 0 Å². The minimum absolute atomic E-state index is 0.0376. The molecule has 3 N–H and O–H groups in total. The Balaban J connectivity index is 3.98. The molecule has 0 aliphatic rings. The van der Waals surface area contributed by atoms with Gasteiger partial charge in [0.1, 0.15) is 6.10 Å². The van der Waals surface area contributed by atoms with E-state index < -0.39 is 20.5 Å². The first-order valence-corrected chi connectivity index (χ1v) is 12.1. The van der Waals surface area contributed by atoms with E-state index in [2.05, 4.69) is 50.4 Å². The van der Waals surface area contributed by atoms with E-state index in [4.69, 9.17) is 14.5 Å². The van der Waals surface area contributed by atoms with Gasteiger partial charge in [0.25, 0.3) is 0 Å². The van der Waals surface area contributed by atoms with Crippen LogP contribution in [0.2, 0.25) is 0 Å². The minimum Gasteiger partial charge on any atom is -0.388 e. The van der Waals surface area contributed by atoms with Crippen LogP contribution < -0.4 is 0 Å². The summed E-state index contributed by atoms with van der Waals surface area (Å²) in [5.41, 5.74) is 5.44. The van der Waals surface area contributed by atoms with Crippen LogP contribution in [0.15, 0.2) is 46.6 Å². The number of phosphoric acid groups is 1. The molecule has 0 aliphatic carbocycles. The molecule has 0 unspecified atom stereocenters. The van der Waals surface area contributed by atoms with Crippen LogP contribution in [0.5, 0.6) is 0 Å². The lowest BCUT2D eigenvalue weighted by atomic mass is 10.0. The number of allylic oxidation sites excluding steroid dienone is 7. The molecule has 0 aromatic carbocycles. The van der Waals surface area contributed by atoms with Crippen molar-refractivity contribution < 1.29 is 28.7 Å². The third-order valence-electron chi connectivity index (χ3n) is 4.45. The second-order valence-electron chi connectivity index (χ2n) is 8.03. The van der Waals surface area contributed by atoms with Gasteiger partial charge in [0.15, 0.2) is 0 Å². The Labute approximate surface area is 182 Å². The third-order valence-corrected chi connectivity index (χ3v) is 4.93. The van der Waals surface area contributed by atoms with E-state index >= 15 is 0 Å². The highest BCUT2D eigenvalue weighted by atomic mass is 31.2. The predicted octanol–water partition coefficient (Wildman–Crippen LogP) is 5.62. The number of aliphatic hydroxyl groups is 1. The molecule has 1 atom stereocenters. The van der Waals surface area contributed by atoms with Gasteiger partial charge in [-0.25, -0.2) is 4.57 Å². The van der Waals surface area contributed by atoms with Gasteiger partial charge in [0.2, 0.25) is 0 Å². The number of hydrogen-bond acceptors (Lipinski definition) is 4. The quantitative estimate of drug-likeness (QED) is 0.162. The lowest BCUT2D eigenvalue weighted by molar-refractivity contribution is 0.0139. The molecule has 0 spiro atoms. The van der Waals surface area contributed by atoms with Gasteiger partial charge in [0.05, 0.1) is 19.8 Å². The Hall–Kier alpha value is -1.01. The van der Waals surface area contributed by atoms with Crippen LogP contribution in [0.25, 0.3) is 0 Å². The number of hydrogen-bond donors (Lipinski definition) is 3. The molecule has 0 fully saturated rings. The van der Waals surface area contributed by atoms with Crippen molar-refractivity contribution in [1.29, 1.82) is 0 Å². The fraction of sp³-hybridized carbons (Fsp3) is 0.652. The molecular formula is C23H41O6P. The standard InChI is InChI=1S/C23H41O6P/c1-19(2)9-6-10-20(3)11-7-12-21(4)13-8-14-22(5)15-16-28-17-23(24)18-29-30(25,26)27/h9,11,13,15,23-24H,6-8,10,12,14,16-18H2,1-5H3,(H2,25,26,27)/b20-11+,21-13+,22-15+/t23-/m0/s1. The maximum Gasteiger partial charge on any atom is 0.469 e. The minimum atomic E-state index is -4.55. The number of aliphatic hydroxyl groups excluding tert-OH is 1. The topological polar surface area (TPSA) is 96.2 Å². The third kappa shape index (κ3) is 20.3. The fourth-order valence-electron chi connectivity index (χ4n) is 2.62. The van der Waals surface area contributed by atoms with E-state index in [0.717, 1.165) is 38.5 Å². The van der Waals surface area contributed by atoms with Gasteiger partial charge in [-0.2, -0.15) is 0 Å². The predicted molar refractivity (Wildman–Crippen MR) is 123 cm³/mol. The summed E-state index contributed by atoms with van der Waals surface area (Å²) in [5.74, 6) is 0. The van der Waals surface area contributed by atoms with Crippen molar-refractivity contribution in [3.63, 3.8) is 0 Å². The molecule has 0 aliphatic heterocycles. The van der Waals surface area contributed by atoms with Crippen molar-refractivity contribution in [2.45, 2.75) is 79.2 Å². The number of rotatable bonds is 16. The zero-order valence-electron chi connectivity index (χ0n) is 19.3. The summed E-state index contributed by atoms with van der Waals surface area (Å²) >= 11 is 0. The Morgan fingerprint density at radius 2 is 1.27 bits per heavy atom. The van der Waals surface area contributed by atoms with Crippen molar-refractivity contribution in [3.05, 3.63) is 46.6 Å². The van der Waals surface area contributed by atoms with E-state index in [9.17, 15) is 9.67 Å². The van der Waals surface area contributed by atoms with Gasteiger partial charge >= 0.3 is 7.82 Å². The van der Waals surface area contributed by atoms with Crippen LogP contribution in [0.1, 0.15) is 73.1 Å². The molecule has 6 nitrogen and oxygen atoms in total. The molecule has 30 heavy (non-hydrogen) atoms. The van der Waals surface area contributed by atoms with Gasteiger partial charge in [0, 0.05) is 0 Å². The zero-order chi connectivity index (χ0) is 23.0. The molecule has 0 aromatic heterocycles. The summed E-state index contributed by atoms with van der Waals surface area (Å²) in [7, 11) is -4.55. The van der Waals surface area contributed by atoms with Gasteiger partial charge < -0.3 is 19.6 Å². The Morgan fingerprint density at radius 3 is 1.73 bits per heavy atom. The van der Waals surface area contributed by atoms with Crippen molar-refractivity contribution in [2.75, 3.05) is 19.8 Å². The van der Waals surface area contributed by atoms with Gasteiger partial charge in [-0.1, -0.05) is 46.6 Å². The molecule has 0 aromatic rings. The molecule has 174 valence electrons. The molecule has 7 heteroatoms. The van der Waals surface area contributed by atoms with Crippen LogP contribution in [-0.4, -0.2) is 40.8 Å². The Morgan fingerprint density at radius 1 is 0.800 bits per heavy atom. The molecular weight excluding hydrogens is 403 g/mol. The highest BCUT2D eigenvalue weighted by Gasteiger charge is 2.16. The lowest BCUT2D eigenvalue weighted by Gasteiger charge is -2.11. The van der Waals surface area contributed by atoms with Crippen LogP contribution in [0.3, 0.4) is 0 Å². The Bertz CT molecular complexity index is 638. The van der Waals surface area contributed by atoms with Gasteiger partial charge in [-0.05, 0) is 73.1 Å². The van der Waals surface area contributed by atoms with E-state index in [0.29, 0.717) is 6.61 Å². The summed E-state index contributed by atoms with van der Waals surface area (Å²) in [4.78, 5) is 17.1. The summed E-state index contributed by atoms with van der Waals surface area (Å²) in [6, 6.07) is 0.